The second kappa shape index (κ2) is 14.2. The molecular weight excluding hydrogens is 424 g/mol. The topological polar surface area (TPSA) is 83.8 Å². The molecule has 0 atom stereocenters. The van der Waals surface area contributed by atoms with Crippen LogP contribution in [-0.2, 0) is 16.5 Å². The Bertz CT molecular complexity index is 908. The van der Waals surface area contributed by atoms with Crippen LogP contribution in [0.3, 0.4) is 0 Å². The Balaban J connectivity index is 1.71. The monoisotopic (exact) mass is 462 g/mol. The average Bonchev–Trinajstić information content (AvgIpc) is 2.75. The van der Waals surface area contributed by atoms with Crippen LogP contribution in [0.2, 0.25) is 0 Å². The summed E-state index contributed by atoms with van der Waals surface area (Å²) < 4.78 is 37.4. The molecule has 0 aliphatic carbocycles. The zero-order valence-corrected chi connectivity index (χ0v) is 20.1. The van der Waals surface area contributed by atoms with E-state index in [2.05, 4.69) is 6.92 Å². The molecule has 0 aromatic heterocycles. The lowest BCUT2D eigenvalue weighted by Gasteiger charge is -2.12. The van der Waals surface area contributed by atoms with Gasteiger partial charge in [0.1, 0.15) is 22.1 Å². The molecule has 2 aromatic carbocycles. The third-order valence-electron chi connectivity index (χ3n) is 5.71. The van der Waals surface area contributed by atoms with E-state index in [4.69, 9.17) is 9.29 Å². The highest BCUT2D eigenvalue weighted by molar-refractivity contribution is 7.86. The smallest absolute Gasteiger partial charge is 0.298 e. The predicted molar refractivity (Wildman–Crippen MR) is 129 cm³/mol. The second-order valence-electron chi connectivity index (χ2n) is 8.45. The molecule has 0 heterocycles. The number of rotatable bonds is 16. The first-order valence-corrected chi connectivity index (χ1v) is 13.4. The maximum absolute atomic E-state index is 11.2. The lowest BCUT2D eigenvalue weighted by molar-refractivity contribution is 0.432. The molecule has 0 spiro atoms. The number of phenolic OH excluding ortho intramolecular Hbond substituents is 1. The molecule has 178 valence electrons. The van der Waals surface area contributed by atoms with Gasteiger partial charge >= 0.3 is 0 Å². The standard InChI is InChI=1S/C26H38O5S/c1-2-3-4-5-6-7-8-9-10-11-12-13-16-22-17-14-15-18-25(22)31-23-19-20-26(24(27)21-23)32(28,29)30/h14-15,17-21,27H,2-13,16H2,1H3,(H,28,29,30). The van der Waals surface area contributed by atoms with Gasteiger partial charge in [0, 0.05) is 6.07 Å². The predicted octanol–water partition coefficient (Wildman–Crippen LogP) is 7.67. The van der Waals surface area contributed by atoms with Crippen molar-refractivity contribution in [2.24, 2.45) is 0 Å². The highest BCUT2D eigenvalue weighted by atomic mass is 32.2. The van der Waals surface area contributed by atoms with E-state index in [-0.39, 0.29) is 0 Å². The zero-order valence-electron chi connectivity index (χ0n) is 19.3. The van der Waals surface area contributed by atoms with Crippen molar-refractivity contribution in [3.05, 3.63) is 48.0 Å². The van der Waals surface area contributed by atoms with Gasteiger partial charge in [-0.25, -0.2) is 0 Å². The molecule has 0 saturated carbocycles. The fourth-order valence-corrected chi connectivity index (χ4v) is 4.44. The zero-order chi connectivity index (χ0) is 23.2. The van der Waals surface area contributed by atoms with Crippen LogP contribution in [0.15, 0.2) is 47.4 Å². The minimum atomic E-state index is -4.47. The Morgan fingerprint density at radius 3 is 1.91 bits per heavy atom. The van der Waals surface area contributed by atoms with E-state index in [9.17, 15) is 13.5 Å². The van der Waals surface area contributed by atoms with Crippen molar-refractivity contribution < 1.29 is 22.8 Å². The molecule has 0 fully saturated rings. The lowest BCUT2D eigenvalue weighted by atomic mass is 10.0. The second-order valence-corrected chi connectivity index (χ2v) is 9.84. The van der Waals surface area contributed by atoms with Crippen molar-refractivity contribution in [1.82, 2.24) is 0 Å². The van der Waals surface area contributed by atoms with Crippen LogP contribution in [0.4, 0.5) is 0 Å². The molecule has 2 rings (SSSR count). The number of aryl methyl sites for hydroxylation is 1. The van der Waals surface area contributed by atoms with Gasteiger partial charge in [-0.15, -0.1) is 0 Å². The Morgan fingerprint density at radius 2 is 1.34 bits per heavy atom. The van der Waals surface area contributed by atoms with E-state index in [0.717, 1.165) is 24.5 Å². The van der Waals surface area contributed by atoms with E-state index in [1.54, 1.807) is 0 Å². The summed E-state index contributed by atoms with van der Waals surface area (Å²) in [4.78, 5) is -0.533. The van der Waals surface area contributed by atoms with Gasteiger partial charge < -0.3 is 9.84 Å². The summed E-state index contributed by atoms with van der Waals surface area (Å²) in [6.45, 7) is 2.25. The van der Waals surface area contributed by atoms with Crippen LogP contribution < -0.4 is 4.74 Å². The largest absolute Gasteiger partial charge is 0.506 e. The minimum Gasteiger partial charge on any atom is -0.506 e. The van der Waals surface area contributed by atoms with Gasteiger partial charge in [0.25, 0.3) is 10.1 Å². The van der Waals surface area contributed by atoms with E-state index in [0.29, 0.717) is 11.5 Å². The summed E-state index contributed by atoms with van der Waals surface area (Å²) >= 11 is 0. The Labute approximate surface area is 193 Å². The van der Waals surface area contributed by atoms with E-state index in [1.165, 1.54) is 82.8 Å². The van der Waals surface area contributed by atoms with Crippen LogP contribution >= 0.6 is 0 Å². The number of hydrogen-bond donors (Lipinski definition) is 2. The van der Waals surface area contributed by atoms with Gasteiger partial charge in [0.05, 0.1) is 0 Å². The van der Waals surface area contributed by atoms with Gasteiger partial charge in [-0.3, -0.25) is 4.55 Å². The fourth-order valence-electron chi connectivity index (χ4n) is 3.87. The van der Waals surface area contributed by atoms with Gasteiger partial charge in [-0.1, -0.05) is 95.8 Å². The summed E-state index contributed by atoms with van der Waals surface area (Å²) in [5.41, 5.74) is 1.08. The number of unbranched alkanes of at least 4 members (excludes halogenated alkanes) is 11. The maximum Gasteiger partial charge on any atom is 0.298 e. The SMILES string of the molecule is CCCCCCCCCCCCCCc1ccccc1Oc1ccc(S(=O)(=O)O)c(O)c1. The first kappa shape index (κ1) is 26.2. The van der Waals surface area contributed by atoms with Crippen molar-refractivity contribution in [3.8, 4) is 17.2 Å². The molecule has 0 aliphatic heterocycles. The van der Waals surface area contributed by atoms with E-state index < -0.39 is 20.8 Å². The van der Waals surface area contributed by atoms with Crippen molar-refractivity contribution in [2.45, 2.75) is 95.3 Å². The van der Waals surface area contributed by atoms with Crippen LogP contribution in [0.5, 0.6) is 17.2 Å². The molecule has 0 aliphatic rings. The number of para-hydroxylation sites is 1. The molecule has 6 heteroatoms. The number of aromatic hydroxyl groups is 1. The Hall–Kier alpha value is -2.05. The minimum absolute atomic E-state index is 0.317. The first-order chi connectivity index (χ1) is 15.4. The van der Waals surface area contributed by atoms with Gasteiger partial charge in [0.15, 0.2) is 0 Å². The van der Waals surface area contributed by atoms with E-state index >= 15 is 0 Å². The van der Waals surface area contributed by atoms with Crippen molar-refractivity contribution in [1.29, 1.82) is 0 Å². The highest BCUT2D eigenvalue weighted by Gasteiger charge is 2.16. The van der Waals surface area contributed by atoms with Crippen LogP contribution in [-0.4, -0.2) is 18.1 Å². The molecular formula is C26H38O5S. The van der Waals surface area contributed by atoms with Crippen molar-refractivity contribution >= 4 is 10.1 Å². The van der Waals surface area contributed by atoms with Crippen molar-refractivity contribution in [3.63, 3.8) is 0 Å². The van der Waals surface area contributed by atoms with Crippen LogP contribution in [0.1, 0.15) is 89.5 Å². The summed E-state index contributed by atoms with van der Waals surface area (Å²) in [6.07, 6.45) is 16.6. The number of ether oxygens (including phenoxy) is 1. The molecule has 0 unspecified atom stereocenters. The lowest BCUT2D eigenvalue weighted by Crippen LogP contribution is -1.99. The molecule has 0 bridgehead atoms. The van der Waals surface area contributed by atoms with Gasteiger partial charge in [-0.05, 0) is 36.6 Å². The number of hydrogen-bond acceptors (Lipinski definition) is 4. The molecule has 0 radical (unpaired) electrons. The summed E-state index contributed by atoms with van der Waals surface area (Å²) in [6, 6.07) is 11.5. The van der Waals surface area contributed by atoms with Gasteiger partial charge in [0.2, 0.25) is 0 Å². The molecule has 0 amide bonds. The molecule has 32 heavy (non-hydrogen) atoms. The highest BCUT2D eigenvalue weighted by Crippen LogP contribution is 2.32. The Kier molecular flexibility index (Phi) is 11.6. The molecule has 2 aromatic rings. The molecule has 5 nitrogen and oxygen atoms in total. The maximum atomic E-state index is 11.2. The fraction of sp³-hybridized carbons (Fsp3) is 0.538. The summed E-state index contributed by atoms with van der Waals surface area (Å²) in [5.74, 6) is 0.468. The average molecular weight is 463 g/mol. The van der Waals surface area contributed by atoms with Crippen LogP contribution in [0.25, 0.3) is 0 Å². The first-order valence-electron chi connectivity index (χ1n) is 12.0. The van der Waals surface area contributed by atoms with Gasteiger partial charge in [-0.2, -0.15) is 8.42 Å². The number of phenols is 1. The molecule has 0 saturated heterocycles. The number of benzene rings is 2. The third-order valence-corrected chi connectivity index (χ3v) is 6.61. The third kappa shape index (κ3) is 9.61. The normalized spacial score (nSPS) is 11.6. The summed E-state index contributed by atoms with van der Waals surface area (Å²) in [7, 11) is -4.47. The van der Waals surface area contributed by atoms with Crippen molar-refractivity contribution in [2.75, 3.05) is 0 Å². The summed E-state index contributed by atoms with van der Waals surface area (Å²) in [5, 5.41) is 9.88. The quantitative estimate of drug-likeness (QED) is 0.197. The van der Waals surface area contributed by atoms with Crippen LogP contribution in [0, 0.1) is 0 Å². The van der Waals surface area contributed by atoms with E-state index in [1.807, 2.05) is 24.3 Å². The Morgan fingerprint density at radius 1 is 0.781 bits per heavy atom. The molecule has 2 N–H and O–H groups in total.